The van der Waals surface area contributed by atoms with Crippen LogP contribution in [0.3, 0.4) is 0 Å². The van der Waals surface area contributed by atoms with Gasteiger partial charge in [-0.05, 0) is 66.7 Å². The van der Waals surface area contributed by atoms with Gasteiger partial charge in [-0.2, -0.15) is 0 Å². The third-order valence-electron chi connectivity index (χ3n) is 5.43. The van der Waals surface area contributed by atoms with Crippen LogP contribution in [0.15, 0.2) is 65.6 Å². The second-order valence-corrected chi connectivity index (χ2v) is 9.89. The number of carbonyl (C=O) groups is 3. The minimum atomic E-state index is -0.446. The van der Waals surface area contributed by atoms with Gasteiger partial charge in [-0.25, -0.2) is 0 Å². The van der Waals surface area contributed by atoms with E-state index < -0.39 is 11.1 Å². The number of hydrogen-bond acceptors (Lipinski definition) is 6. The van der Waals surface area contributed by atoms with Crippen LogP contribution in [0.4, 0.5) is 10.5 Å². The Labute approximate surface area is 228 Å². The normalized spacial score (nSPS) is 14.3. The van der Waals surface area contributed by atoms with Crippen molar-refractivity contribution in [3.8, 4) is 11.5 Å². The van der Waals surface area contributed by atoms with Gasteiger partial charge in [0.05, 0.1) is 18.6 Å². The number of halogens is 2. The van der Waals surface area contributed by atoms with Gasteiger partial charge in [0.15, 0.2) is 18.1 Å². The SMILES string of the molecule is COc1cc(/C=C2\SC(=O)N(Cc3c(Cl)cccc3Cl)C2=O)ccc1OCC(=O)Nc1ccc(C)cc1. The van der Waals surface area contributed by atoms with Crippen molar-refractivity contribution < 1.29 is 23.9 Å². The van der Waals surface area contributed by atoms with Gasteiger partial charge in [-0.3, -0.25) is 19.3 Å². The summed E-state index contributed by atoms with van der Waals surface area (Å²) in [6.07, 6.45) is 1.59. The van der Waals surface area contributed by atoms with Gasteiger partial charge in [-0.15, -0.1) is 0 Å². The fraction of sp³-hybridized carbons (Fsp3) is 0.148. The number of carbonyl (C=O) groups excluding carboxylic acids is 3. The maximum Gasteiger partial charge on any atom is 0.293 e. The highest BCUT2D eigenvalue weighted by Gasteiger charge is 2.35. The average molecular weight is 557 g/mol. The first-order chi connectivity index (χ1) is 17.7. The maximum absolute atomic E-state index is 12.9. The van der Waals surface area contributed by atoms with Crippen LogP contribution in [0.1, 0.15) is 16.7 Å². The zero-order chi connectivity index (χ0) is 26.5. The lowest BCUT2D eigenvalue weighted by atomic mass is 10.1. The Kier molecular flexibility index (Phi) is 8.43. The molecule has 190 valence electrons. The largest absolute Gasteiger partial charge is 0.493 e. The summed E-state index contributed by atoms with van der Waals surface area (Å²) in [4.78, 5) is 39.1. The summed E-state index contributed by atoms with van der Waals surface area (Å²) in [5.74, 6) is -0.0283. The van der Waals surface area contributed by atoms with Crippen molar-refractivity contribution in [2.75, 3.05) is 19.0 Å². The fourth-order valence-electron chi connectivity index (χ4n) is 3.50. The summed E-state index contributed by atoms with van der Waals surface area (Å²) < 4.78 is 11.0. The first-order valence-corrected chi connectivity index (χ1v) is 12.7. The van der Waals surface area contributed by atoms with E-state index in [0.717, 1.165) is 22.2 Å². The third kappa shape index (κ3) is 6.46. The molecule has 1 saturated heterocycles. The van der Waals surface area contributed by atoms with Crippen LogP contribution in [0.2, 0.25) is 10.0 Å². The molecule has 7 nitrogen and oxygen atoms in total. The predicted molar refractivity (Wildman–Crippen MR) is 146 cm³/mol. The van der Waals surface area contributed by atoms with Crippen LogP contribution < -0.4 is 14.8 Å². The molecule has 3 aromatic carbocycles. The Morgan fingerprint density at radius 1 is 1.03 bits per heavy atom. The lowest BCUT2D eigenvalue weighted by molar-refractivity contribution is -0.123. The van der Waals surface area contributed by atoms with Crippen molar-refractivity contribution in [3.05, 3.63) is 92.3 Å². The highest BCUT2D eigenvalue weighted by molar-refractivity contribution is 8.18. The molecule has 0 unspecified atom stereocenters. The van der Waals surface area contributed by atoms with Gasteiger partial charge in [-0.1, -0.05) is 53.0 Å². The smallest absolute Gasteiger partial charge is 0.293 e. The molecule has 0 spiro atoms. The standard InChI is InChI=1S/C27H22Cl2N2O5S/c1-16-6-9-18(10-7-16)30-25(32)15-36-22-11-8-17(12-23(22)35-2)13-24-26(33)31(27(34)37-24)14-19-20(28)4-3-5-21(19)29/h3-13H,14-15H2,1-2H3,(H,30,32)/b24-13-. The monoisotopic (exact) mass is 556 g/mol. The minimum Gasteiger partial charge on any atom is -0.493 e. The van der Waals surface area contributed by atoms with E-state index in [0.29, 0.717) is 38.4 Å². The molecular weight excluding hydrogens is 535 g/mol. The number of methoxy groups -OCH3 is 1. The second-order valence-electron chi connectivity index (χ2n) is 8.08. The van der Waals surface area contributed by atoms with Crippen LogP contribution in [0, 0.1) is 6.92 Å². The number of nitrogens with zero attached hydrogens (tertiary/aromatic N) is 1. The molecule has 1 fully saturated rings. The van der Waals surface area contributed by atoms with Crippen LogP contribution >= 0.6 is 35.0 Å². The summed E-state index contributed by atoms with van der Waals surface area (Å²) in [5, 5.41) is 3.10. The zero-order valence-electron chi connectivity index (χ0n) is 19.9. The number of hydrogen-bond donors (Lipinski definition) is 1. The maximum atomic E-state index is 12.9. The molecule has 37 heavy (non-hydrogen) atoms. The summed E-state index contributed by atoms with van der Waals surface area (Å²) in [5.41, 5.74) is 2.89. The van der Waals surface area contributed by atoms with E-state index in [-0.39, 0.29) is 24.0 Å². The van der Waals surface area contributed by atoms with Gasteiger partial charge >= 0.3 is 0 Å². The molecule has 1 aliphatic heterocycles. The lowest BCUT2D eigenvalue weighted by Crippen LogP contribution is -2.27. The van der Waals surface area contributed by atoms with Gasteiger partial charge in [0.1, 0.15) is 0 Å². The summed E-state index contributed by atoms with van der Waals surface area (Å²) in [6.45, 7) is 1.72. The van der Waals surface area contributed by atoms with Gasteiger partial charge in [0, 0.05) is 21.3 Å². The Morgan fingerprint density at radius 3 is 2.41 bits per heavy atom. The quantitative estimate of drug-likeness (QED) is 0.316. The first kappa shape index (κ1) is 26.6. The molecule has 1 heterocycles. The number of thioether (sulfide) groups is 1. The molecule has 10 heteroatoms. The van der Waals surface area contributed by atoms with Crippen molar-refractivity contribution in [1.29, 1.82) is 0 Å². The molecule has 3 amide bonds. The third-order valence-corrected chi connectivity index (χ3v) is 7.05. The molecule has 1 N–H and O–H groups in total. The molecule has 0 aliphatic carbocycles. The first-order valence-electron chi connectivity index (χ1n) is 11.1. The lowest BCUT2D eigenvalue weighted by Gasteiger charge is -2.14. The predicted octanol–water partition coefficient (Wildman–Crippen LogP) is 6.56. The number of imide groups is 1. The van der Waals surface area contributed by atoms with Crippen molar-refractivity contribution in [3.63, 3.8) is 0 Å². The second kappa shape index (κ2) is 11.7. The topological polar surface area (TPSA) is 84.9 Å². The Bertz CT molecular complexity index is 1370. The van der Waals surface area contributed by atoms with E-state index in [9.17, 15) is 14.4 Å². The number of rotatable bonds is 8. The summed E-state index contributed by atoms with van der Waals surface area (Å²) >= 11 is 13.2. The number of ether oxygens (including phenoxy) is 2. The van der Waals surface area contributed by atoms with E-state index in [1.165, 1.54) is 7.11 Å². The van der Waals surface area contributed by atoms with Crippen LogP contribution in [-0.4, -0.2) is 35.7 Å². The number of benzene rings is 3. The molecule has 0 atom stereocenters. The molecule has 0 radical (unpaired) electrons. The van der Waals surface area contributed by atoms with E-state index in [1.54, 1.807) is 42.5 Å². The zero-order valence-corrected chi connectivity index (χ0v) is 22.2. The van der Waals surface area contributed by atoms with E-state index in [4.69, 9.17) is 32.7 Å². The highest BCUT2D eigenvalue weighted by atomic mass is 35.5. The number of amides is 3. The summed E-state index contributed by atoms with van der Waals surface area (Å²) in [6, 6.07) is 17.4. The van der Waals surface area contributed by atoms with Crippen LogP contribution in [0.25, 0.3) is 6.08 Å². The van der Waals surface area contributed by atoms with Crippen molar-refractivity contribution in [1.82, 2.24) is 4.90 Å². The van der Waals surface area contributed by atoms with Gasteiger partial charge < -0.3 is 14.8 Å². The number of aryl methyl sites for hydroxylation is 1. The van der Waals surface area contributed by atoms with Gasteiger partial charge in [0.2, 0.25) is 0 Å². The van der Waals surface area contributed by atoms with E-state index in [1.807, 2.05) is 31.2 Å². The number of anilines is 1. The molecule has 0 bridgehead atoms. The Balaban J connectivity index is 1.43. The van der Waals surface area contributed by atoms with E-state index in [2.05, 4.69) is 5.32 Å². The van der Waals surface area contributed by atoms with Gasteiger partial charge in [0.25, 0.3) is 17.1 Å². The van der Waals surface area contributed by atoms with Crippen LogP contribution in [0.5, 0.6) is 11.5 Å². The highest BCUT2D eigenvalue weighted by Crippen LogP contribution is 2.37. The fourth-order valence-corrected chi connectivity index (χ4v) is 4.85. The Morgan fingerprint density at radius 2 is 1.73 bits per heavy atom. The van der Waals surface area contributed by atoms with E-state index >= 15 is 0 Å². The molecule has 1 aliphatic rings. The average Bonchev–Trinajstić information content (AvgIpc) is 3.13. The van der Waals surface area contributed by atoms with Crippen molar-refractivity contribution in [2.24, 2.45) is 0 Å². The number of nitrogens with one attached hydrogen (secondary N) is 1. The molecule has 0 saturated carbocycles. The molecule has 3 aromatic rings. The van der Waals surface area contributed by atoms with Crippen molar-refractivity contribution >= 4 is 63.8 Å². The van der Waals surface area contributed by atoms with Crippen molar-refractivity contribution in [2.45, 2.75) is 13.5 Å². The molecule has 0 aromatic heterocycles. The Hall–Kier alpha value is -3.46. The van der Waals surface area contributed by atoms with Crippen LogP contribution in [-0.2, 0) is 16.1 Å². The molecule has 4 rings (SSSR count). The molecular formula is C27H22Cl2N2O5S. The summed E-state index contributed by atoms with van der Waals surface area (Å²) in [7, 11) is 1.47. The minimum absolute atomic E-state index is 0.0265.